The number of benzene rings is 2. The first-order valence-corrected chi connectivity index (χ1v) is 16.2. The van der Waals surface area contributed by atoms with E-state index >= 15 is 0 Å². The molecule has 0 N–H and O–H groups in total. The van der Waals surface area contributed by atoms with Gasteiger partial charge in [0.1, 0.15) is 16.5 Å². The van der Waals surface area contributed by atoms with Crippen LogP contribution in [0, 0.1) is 0 Å². The second-order valence-electron chi connectivity index (χ2n) is 8.71. The van der Waals surface area contributed by atoms with E-state index < -0.39 is 16.5 Å². The van der Waals surface area contributed by atoms with Crippen LogP contribution in [0.4, 0.5) is 0 Å². The lowest BCUT2D eigenvalue weighted by Gasteiger charge is -2.46. The van der Waals surface area contributed by atoms with Crippen molar-refractivity contribution in [2.75, 3.05) is 0 Å². The average Bonchev–Trinajstić information content (AvgIpc) is 2.58. The smallest absolute Gasteiger partial charge is 0.343 e. The quantitative estimate of drug-likeness (QED) is 0.330. The van der Waals surface area contributed by atoms with Crippen molar-refractivity contribution in [3.05, 3.63) is 77.5 Å². The molecule has 0 unspecified atom stereocenters. The number of esters is 1. The van der Waals surface area contributed by atoms with Crippen molar-refractivity contribution in [2.24, 2.45) is 0 Å². The van der Waals surface area contributed by atoms with Crippen LogP contribution in [0.3, 0.4) is 0 Å². The molecule has 0 fully saturated rings. The van der Waals surface area contributed by atoms with Gasteiger partial charge in [-0.25, -0.2) is 4.79 Å². The fraction of sp³-hybridized carbons (Fsp3) is 0.318. The van der Waals surface area contributed by atoms with Crippen molar-refractivity contribution in [1.82, 2.24) is 4.23 Å². The third kappa shape index (κ3) is 5.43. The van der Waals surface area contributed by atoms with Gasteiger partial charge in [-0.05, 0) is 19.1 Å². The molecule has 3 nitrogen and oxygen atoms in total. The van der Waals surface area contributed by atoms with Crippen molar-refractivity contribution in [3.8, 4) is 0 Å². The van der Waals surface area contributed by atoms with Crippen molar-refractivity contribution in [2.45, 2.75) is 46.2 Å². The van der Waals surface area contributed by atoms with Gasteiger partial charge in [0.2, 0.25) is 0 Å². The van der Waals surface area contributed by atoms with Gasteiger partial charge in [0, 0.05) is 11.3 Å². The first kappa shape index (κ1) is 21.2. The summed E-state index contributed by atoms with van der Waals surface area (Å²) in [4.78, 5) is 12.8. The van der Waals surface area contributed by atoms with Crippen molar-refractivity contribution in [3.63, 3.8) is 0 Å². The molecule has 2 rings (SSSR count). The Balaban J connectivity index is 2.58. The van der Waals surface area contributed by atoms with Crippen molar-refractivity contribution in [1.29, 1.82) is 0 Å². The number of allylic oxidation sites excluding steroid dienone is 1. The lowest BCUT2D eigenvalue weighted by molar-refractivity contribution is 0.0688. The molecule has 0 spiro atoms. The highest BCUT2D eigenvalue weighted by Crippen LogP contribution is 2.31. The van der Waals surface area contributed by atoms with Crippen LogP contribution >= 0.6 is 0 Å². The standard InChI is InChI=1S/C22H31NO2Si2/c1-18(23(26(2,3)4)27(5,6)7)21(19-14-10-8-11-15-19)25-22(24)20-16-12-9-13-17-20/h8-17H,1-7H3/b21-18-. The molecule has 5 heteroatoms. The fourth-order valence-corrected chi connectivity index (χ4v) is 14.0. The third-order valence-electron chi connectivity index (χ3n) is 4.25. The summed E-state index contributed by atoms with van der Waals surface area (Å²) in [5, 5.41) is 0. The van der Waals surface area contributed by atoms with Crippen molar-refractivity contribution < 1.29 is 9.53 Å². The van der Waals surface area contributed by atoms with Gasteiger partial charge < -0.3 is 8.97 Å². The van der Waals surface area contributed by atoms with E-state index in [0.717, 1.165) is 11.3 Å². The summed E-state index contributed by atoms with van der Waals surface area (Å²) >= 11 is 0. The van der Waals surface area contributed by atoms with Crippen LogP contribution in [0.25, 0.3) is 5.76 Å². The van der Waals surface area contributed by atoms with E-state index in [9.17, 15) is 4.79 Å². The molecule has 0 saturated heterocycles. The Morgan fingerprint density at radius 1 is 0.741 bits per heavy atom. The fourth-order valence-electron chi connectivity index (χ4n) is 3.77. The monoisotopic (exact) mass is 397 g/mol. The Kier molecular flexibility index (Phi) is 6.49. The third-order valence-corrected chi connectivity index (χ3v) is 11.6. The minimum Gasteiger partial charge on any atom is -0.425 e. The molecule has 0 bridgehead atoms. The van der Waals surface area contributed by atoms with E-state index in [1.165, 1.54) is 0 Å². The van der Waals surface area contributed by atoms with E-state index in [-0.39, 0.29) is 5.97 Å². The molecule has 0 saturated carbocycles. The summed E-state index contributed by atoms with van der Waals surface area (Å²) in [6.07, 6.45) is 0. The Morgan fingerprint density at radius 2 is 1.15 bits per heavy atom. The molecule has 0 amide bonds. The number of hydrogen-bond acceptors (Lipinski definition) is 3. The predicted octanol–water partition coefficient (Wildman–Crippen LogP) is 6.20. The van der Waals surface area contributed by atoms with Gasteiger partial charge in [0.25, 0.3) is 0 Å². The zero-order chi connectivity index (χ0) is 20.2. The van der Waals surface area contributed by atoms with Gasteiger partial charge in [-0.2, -0.15) is 0 Å². The van der Waals surface area contributed by atoms with Gasteiger partial charge in [0.15, 0.2) is 5.76 Å². The number of carbonyl (C=O) groups is 1. The van der Waals surface area contributed by atoms with E-state index in [1.807, 2.05) is 48.5 Å². The predicted molar refractivity (Wildman–Crippen MR) is 119 cm³/mol. The summed E-state index contributed by atoms with van der Waals surface area (Å²) in [7, 11) is -3.33. The zero-order valence-electron chi connectivity index (χ0n) is 17.5. The summed E-state index contributed by atoms with van der Waals surface area (Å²) < 4.78 is 8.58. The first-order valence-electron chi connectivity index (χ1n) is 9.35. The summed E-state index contributed by atoms with van der Waals surface area (Å²) in [6.45, 7) is 16.2. The highest BCUT2D eigenvalue weighted by Gasteiger charge is 2.36. The van der Waals surface area contributed by atoms with Gasteiger partial charge in [-0.3, -0.25) is 0 Å². The zero-order valence-corrected chi connectivity index (χ0v) is 19.5. The van der Waals surface area contributed by atoms with E-state index in [0.29, 0.717) is 11.3 Å². The maximum absolute atomic E-state index is 12.8. The lowest BCUT2D eigenvalue weighted by atomic mass is 10.1. The number of nitrogens with zero attached hydrogens (tertiary/aromatic N) is 1. The molecular formula is C22H31NO2Si2. The Bertz CT molecular complexity index is 790. The first-order chi connectivity index (χ1) is 12.5. The maximum Gasteiger partial charge on any atom is 0.343 e. The second kappa shape index (κ2) is 8.27. The van der Waals surface area contributed by atoms with E-state index in [4.69, 9.17) is 4.74 Å². The Morgan fingerprint density at radius 3 is 1.56 bits per heavy atom. The van der Waals surface area contributed by atoms with E-state index in [1.54, 1.807) is 12.1 Å². The number of rotatable bonds is 6. The molecule has 0 aliphatic rings. The van der Waals surface area contributed by atoms with Crippen LogP contribution < -0.4 is 0 Å². The molecule has 144 valence electrons. The minimum absolute atomic E-state index is 0.320. The van der Waals surface area contributed by atoms with Crippen LogP contribution in [0.1, 0.15) is 22.8 Å². The minimum atomic E-state index is -1.67. The summed E-state index contributed by atoms with van der Waals surface area (Å²) in [5.41, 5.74) is 2.55. The van der Waals surface area contributed by atoms with E-state index in [2.05, 4.69) is 50.4 Å². The Labute approximate surface area is 165 Å². The van der Waals surface area contributed by atoms with Gasteiger partial charge >= 0.3 is 5.97 Å². The molecule has 0 radical (unpaired) electrons. The largest absolute Gasteiger partial charge is 0.425 e. The summed E-state index contributed by atoms with van der Waals surface area (Å²) in [6, 6.07) is 19.1. The maximum atomic E-state index is 12.8. The number of carbonyl (C=O) groups excluding carboxylic acids is 1. The topological polar surface area (TPSA) is 29.5 Å². The molecule has 27 heavy (non-hydrogen) atoms. The molecule has 2 aromatic rings. The molecule has 0 aliphatic heterocycles. The van der Waals surface area contributed by atoms with Crippen LogP contribution in [0.5, 0.6) is 0 Å². The number of hydrogen-bond donors (Lipinski definition) is 0. The lowest BCUT2D eigenvalue weighted by Crippen LogP contribution is -2.58. The molecule has 0 heterocycles. The van der Waals surface area contributed by atoms with Gasteiger partial charge in [0.05, 0.1) is 5.56 Å². The molecular weight excluding hydrogens is 366 g/mol. The van der Waals surface area contributed by atoms with Gasteiger partial charge in [-0.1, -0.05) is 87.8 Å². The highest BCUT2D eigenvalue weighted by atomic mass is 28.4. The van der Waals surface area contributed by atoms with Gasteiger partial charge in [-0.15, -0.1) is 0 Å². The molecule has 2 aromatic carbocycles. The molecule has 0 atom stereocenters. The molecule has 0 aromatic heterocycles. The highest BCUT2D eigenvalue weighted by molar-refractivity contribution is 6.90. The van der Waals surface area contributed by atoms with Crippen LogP contribution in [-0.4, -0.2) is 26.7 Å². The molecule has 0 aliphatic carbocycles. The second-order valence-corrected chi connectivity index (χ2v) is 18.7. The van der Waals surface area contributed by atoms with Crippen molar-refractivity contribution >= 4 is 28.2 Å². The van der Waals surface area contributed by atoms with Crippen LogP contribution in [0.15, 0.2) is 66.4 Å². The Hall–Kier alpha value is -2.12. The van der Waals surface area contributed by atoms with Crippen LogP contribution in [0.2, 0.25) is 39.3 Å². The number of ether oxygens (including phenoxy) is 1. The average molecular weight is 398 g/mol. The normalized spacial score (nSPS) is 13.0. The SMILES string of the molecule is C/C(=C(/OC(=O)c1ccccc1)c1ccccc1)N([Si](C)(C)C)[Si](C)(C)C. The summed E-state index contributed by atoms with van der Waals surface area (Å²) in [5.74, 6) is 0.342. The van der Waals surface area contributed by atoms with Crippen LogP contribution in [-0.2, 0) is 4.74 Å².